The maximum absolute atomic E-state index is 15.2. The fraction of sp³-hybridized carbons (Fsp3) is 0. The molecule has 0 saturated carbocycles. The molecular weight excluding hydrogens is 512 g/mol. The summed E-state index contributed by atoms with van der Waals surface area (Å²) >= 11 is 25.8. The highest BCUT2D eigenvalue weighted by Crippen LogP contribution is 2.47. The van der Waals surface area contributed by atoms with Crippen LogP contribution in [0.15, 0.2) is 56.0 Å². The summed E-state index contributed by atoms with van der Waals surface area (Å²) in [5.74, 6) is -2.06. The van der Waals surface area contributed by atoms with Gasteiger partial charge in [0.2, 0.25) is 0 Å². The van der Waals surface area contributed by atoms with Gasteiger partial charge in [-0.05, 0) is 36.4 Å². The van der Waals surface area contributed by atoms with Crippen molar-refractivity contribution < 1.29 is 8.78 Å². The number of nitrogens with zero attached hydrogens (tertiary/aromatic N) is 2. The van der Waals surface area contributed by atoms with Gasteiger partial charge in [0.05, 0.1) is 19.8 Å². The van der Waals surface area contributed by atoms with Crippen LogP contribution in [0.25, 0.3) is 0 Å². The predicted octanol–water partition coefficient (Wildman–Crippen LogP) is 8.62. The molecule has 10 heteroatoms. The molecule has 3 aromatic carbocycles. The van der Waals surface area contributed by atoms with Crippen molar-refractivity contribution in [1.29, 1.82) is 10.5 Å². The standard InChI is InChI=1S/C20H6Cl4F2N2S2/c21-9-1-3-15(13(23)5-9)29-19-17(25)11(7-27)12(8-28)18(26)20(19)30-16-4-2-10(22)6-14(16)24/h1-6H. The van der Waals surface area contributed by atoms with Crippen LogP contribution in [0, 0.1) is 34.3 Å². The lowest BCUT2D eigenvalue weighted by Crippen LogP contribution is -2.01. The molecule has 0 aliphatic rings. The Morgan fingerprint density at radius 3 is 1.33 bits per heavy atom. The van der Waals surface area contributed by atoms with Gasteiger partial charge in [0, 0.05) is 19.8 Å². The van der Waals surface area contributed by atoms with Gasteiger partial charge in [-0.2, -0.15) is 10.5 Å². The fourth-order valence-corrected chi connectivity index (χ4v) is 5.45. The molecule has 0 fully saturated rings. The van der Waals surface area contributed by atoms with Gasteiger partial charge in [-0.25, -0.2) is 8.78 Å². The zero-order valence-electron chi connectivity index (χ0n) is 14.4. The Hall–Kier alpha value is -1.64. The van der Waals surface area contributed by atoms with E-state index in [1.54, 1.807) is 36.4 Å². The van der Waals surface area contributed by atoms with E-state index in [9.17, 15) is 10.5 Å². The zero-order chi connectivity index (χ0) is 22.0. The third-order valence-electron chi connectivity index (χ3n) is 3.73. The molecule has 30 heavy (non-hydrogen) atoms. The molecule has 0 spiro atoms. The maximum atomic E-state index is 15.2. The number of hydrogen-bond acceptors (Lipinski definition) is 4. The second-order valence-corrected chi connectivity index (χ2v) is 9.41. The topological polar surface area (TPSA) is 47.6 Å². The molecular formula is C20H6Cl4F2N2S2. The third-order valence-corrected chi connectivity index (χ3v) is 7.51. The molecule has 0 amide bonds. The number of hydrogen-bond donors (Lipinski definition) is 0. The quantitative estimate of drug-likeness (QED) is 0.347. The van der Waals surface area contributed by atoms with E-state index in [1.807, 2.05) is 0 Å². The van der Waals surface area contributed by atoms with E-state index >= 15 is 8.78 Å². The minimum absolute atomic E-state index is 0.205. The monoisotopic (exact) mass is 516 g/mol. The summed E-state index contributed by atoms with van der Waals surface area (Å²) in [5.41, 5.74) is -1.37. The number of benzene rings is 3. The molecule has 0 atom stereocenters. The molecule has 0 bridgehead atoms. The summed E-state index contributed by atoms with van der Waals surface area (Å²) in [6, 6.07) is 12.2. The lowest BCUT2D eigenvalue weighted by molar-refractivity contribution is 0.544. The lowest BCUT2D eigenvalue weighted by Gasteiger charge is -2.15. The van der Waals surface area contributed by atoms with Crippen LogP contribution in [0.4, 0.5) is 8.78 Å². The third kappa shape index (κ3) is 4.65. The van der Waals surface area contributed by atoms with E-state index in [4.69, 9.17) is 46.4 Å². The maximum Gasteiger partial charge on any atom is 0.157 e. The van der Waals surface area contributed by atoms with Crippen LogP contribution in [0.5, 0.6) is 0 Å². The molecule has 3 aromatic rings. The van der Waals surface area contributed by atoms with Gasteiger partial charge in [-0.3, -0.25) is 0 Å². The van der Waals surface area contributed by atoms with E-state index in [-0.39, 0.29) is 19.8 Å². The van der Waals surface area contributed by atoms with Gasteiger partial charge in [-0.1, -0.05) is 69.9 Å². The van der Waals surface area contributed by atoms with E-state index in [2.05, 4.69) is 0 Å². The van der Waals surface area contributed by atoms with Crippen LogP contribution in [-0.2, 0) is 0 Å². The van der Waals surface area contributed by atoms with Gasteiger partial charge in [0.1, 0.15) is 23.3 Å². The second-order valence-electron chi connectivity index (χ2n) is 5.61. The lowest BCUT2D eigenvalue weighted by atomic mass is 10.1. The van der Waals surface area contributed by atoms with Crippen molar-refractivity contribution in [2.45, 2.75) is 19.6 Å². The van der Waals surface area contributed by atoms with Crippen LogP contribution < -0.4 is 0 Å². The van der Waals surface area contributed by atoms with Gasteiger partial charge in [0.15, 0.2) is 11.6 Å². The summed E-state index contributed by atoms with van der Waals surface area (Å²) in [7, 11) is 0. The SMILES string of the molecule is N#Cc1c(F)c(Sc2ccc(Cl)cc2Cl)c(Sc2ccc(Cl)cc2Cl)c(F)c1C#N. The smallest absolute Gasteiger partial charge is 0.157 e. The average molecular weight is 518 g/mol. The summed E-state index contributed by atoms with van der Waals surface area (Å²) in [5, 5.41) is 19.8. The zero-order valence-corrected chi connectivity index (χ0v) is 19.1. The Labute approximate surface area is 199 Å². The Morgan fingerprint density at radius 2 is 1.03 bits per heavy atom. The van der Waals surface area contributed by atoms with E-state index < -0.39 is 22.8 Å². The molecule has 0 aliphatic heterocycles. The Kier molecular flexibility index (Phi) is 7.42. The van der Waals surface area contributed by atoms with Crippen molar-refractivity contribution in [2.75, 3.05) is 0 Å². The van der Waals surface area contributed by atoms with Gasteiger partial charge in [-0.15, -0.1) is 0 Å². The number of rotatable bonds is 4. The van der Waals surface area contributed by atoms with Crippen molar-refractivity contribution in [2.24, 2.45) is 0 Å². The summed E-state index contributed by atoms with van der Waals surface area (Å²) < 4.78 is 30.5. The van der Waals surface area contributed by atoms with Crippen LogP contribution in [0.2, 0.25) is 20.1 Å². The van der Waals surface area contributed by atoms with E-state index in [0.29, 0.717) is 19.8 Å². The van der Waals surface area contributed by atoms with Crippen LogP contribution in [-0.4, -0.2) is 0 Å². The first-order valence-electron chi connectivity index (χ1n) is 7.87. The van der Waals surface area contributed by atoms with Crippen molar-refractivity contribution in [3.63, 3.8) is 0 Å². The summed E-state index contributed by atoms with van der Waals surface area (Å²) in [6.45, 7) is 0. The summed E-state index contributed by atoms with van der Waals surface area (Å²) in [6.07, 6.45) is 0. The highest BCUT2D eigenvalue weighted by molar-refractivity contribution is 8.02. The van der Waals surface area contributed by atoms with Crippen molar-refractivity contribution in [1.82, 2.24) is 0 Å². The summed E-state index contributed by atoms with van der Waals surface area (Å²) in [4.78, 5) is 0.362. The number of halogens is 6. The largest absolute Gasteiger partial charge is 0.204 e. The Balaban J connectivity index is 2.24. The van der Waals surface area contributed by atoms with Crippen LogP contribution in [0.3, 0.4) is 0 Å². The Morgan fingerprint density at radius 1 is 0.667 bits per heavy atom. The van der Waals surface area contributed by atoms with E-state index in [0.717, 1.165) is 23.5 Å². The molecule has 0 aliphatic carbocycles. The molecule has 0 aromatic heterocycles. The van der Waals surface area contributed by atoms with Crippen LogP contribution in [0.1, 0.15) is 11.1 Å². The molecule has 0 heterocycles. The molecule has 3 rings (SSSR count). The average Bonchev–Trinajstić information content (AvgIpc) is 2.70. The van der Waals surface area contributed by atoms with Crippen molar-refractivity contribution in [3.8, 4) is 12.1 Å². The van der Waals surface area contributed by atoms with Gasteiger partial charge >= 0.3 is 0 Å². The van der Waals surface area contributed by atoms with Crippen molar-refractivity contribution in [3.05, 3.63) is 79.3 Å². The van der Waals surface area contributed by atoms with Crippen LogP contribution >= 0.6 is 69.9 Å². The predicted molar refractivity (Wildman–Crippen MR) is 117 cm³/mol. The molecule has 0 saturated heterocycles. The van der Waals surface area contributed by atoms with E-state index in [1.165, 1.54) is 12.1 Å². The Bertz CT molecular complexity index is 1160. The number of nitriles is 2. The molecule has 2 nitrogen and oxygen atoms in total. The van der Waals surface area contributed by atoms with Gasteiger partial charge < -0.3 is 0 Å². The highest BCUT2D eigenvalue weighted by atomic mass is 35.5. The fourth-order valence-electron chi connectivity index (χ4n) is 2.37. The normalized spacial score (nSPS) is 10.5. The first kappa shape index (κ1) is 23.0. The first-order valence-corrected chi connectivity index (χ1v) is 11.0. The molecule has 0 N–H and O–H groups in total. The molecule has 0 unspecified atom stereocenters. The van der Waals surface area contributed by atoms with Crippen molar-refractivity contribution >= 4 is 69.9 Å². The molecule has 150 valence electrons. The second kappa shape index (κ2) is 9.66. The molecule has 0 radical (unpaired) electrons. The minimum Gasteiger partial charge on any atom is -0.204 e. The first-order chi connectivity index (χ1) is 14.3. The minimum atomic E-state index is -1.03. The highest BCUT2D eigenvalue weighted by Gasteiger charge is 2.27. The van der Waals surface area contributed by atoms with Gasteiger partial charge in [0.25, 0.3) is 0 Å².